The lowest BCUT2D eigenvalue weighted by Crippen LogP contribution is -2.31. The lowest BCUT2D eigenvalue weighted by atomic mass is 10.1. The van der Waals surface area contributed by atoms with Gasteiger partial charge in [0.1, 0.15) is 16.8 Å². The van der Waals surface area contributed by atoms with Crippen molar-refractivity contribution in [3.05, 3.63) is 88.1 Å². The summed E-state index contributed by atoms with van der Waals surface area (Å²) in [5.41, 5.74) is 2.90. The van der Waals surface area contributed by atoms with Crippen molar-refractivity contribution < 1.29 is 4.79 Å². The smallest absolute Gasteiger partial charge is 0.278 e. The number of carbonyl (C=O) groups excluding carboxylic acids is 1. The number of aromatic nitrogens is 3. The molecule has 0 unspecified atom stereocenters. The average molecular weight is 434 g/mol. The van der Waals surface area contributed by atoms with Crippen molar-refractivity contribution in [3.63, 3.8) is 0 Å². The van der Waals surface area contributed by atoms with E-state index in [0.29, 0.717) is 27.0 Å². The number of rotatable bonds is 5. The first kappa shape index (κ1) is 19.8. The molecule has 2 aromatic carbocycles. The van der Waals surface area contributed by atoms with Gasteiger partial charge in [0.25, 0.3) is 5.91 Å². The van der Waals surface area contributed by atoms with Gasteiger partial charge in [0.05, 0.1) is 24.0 Å². The molecule has 8 heteroatoms. The van der Waals surface area contributed by atoms with E-state index in [4.69, 9.17) is 11.6 Å². The summed E-state index contributed by atoms with van der Waals surface area (Å²) in [5, 5.41) is 16.6. The van der Waals surface area contributed by atoms with Crippen LogP contribution in [-0.4, -0.2) is 20.7 Å². The first-order valence-electron chi connectivity index (χ1n) is 9.05. The Bertz CT molecular complexity index is 1240. The zero-order valence-corrected chi connectivity index (χ0v) is 17.6. The molecule has 6 nitrogen and oxygen atoms in total. The van der Waals surface area contributed by atoms with Crippen molar-refractivity contribution in [2.75, 3.05) is 4.90 Å². The predicted molar refractivity (Wildman–Crippen MR) is 117 cm³/mol. The van der Waals surface area contributed by atoms with Crippen LogP contribution in [0.2, 0.25) is 5.02 Å². The summed E-state index contributed by atoms with van der Waals surface area (Å²) in [4.78, 5) is 19.5. The molecule has 4 rings (SSSR count). The van der Waals surface area contributed by atoms with Crippen LogP contribution < -0.4 is 4.90 Å². The third-order valence-electron chi connectivity index (χ3n) is 4.47. The Hall–Kier alpha value is -3.47. The van der Waals surface area contributed by atoms with Crippen LogP contribution in [0.1, 0.15) is 21.6 Å². The van der Waals surface area contributed by atoms with Crippen LogP contribution in [0, 0.1) is 11.3 Å². The van der Waals surface area contributed by atoms with Crippen LogP contribution in [0.4, 0.5) is 5.69 Å². The van der Waals surface area contributed by atoms with E-state index in [1.807, 2.05) is 43.6 Å². The van der Waals surface area contributed by atoms with Crippen molar-refractivity contribution in [2.24, 2.45) is 7.05 Å². The van der Waals surface area contributed by atoms with Crippen molar-refractivity contribution in [1.29, 1.82) is 5.26 Å². The van der Waals surface area contributed by atoms with Gasteiger partial charge in [-0.2, -0.15) is 10.4 Å². The molecule has 0 aliphatic rings. The number of anilines is 1. The van der Waals surface area contributed by atoms with Crippen molar-refractivity contribution in [2.45, 2.75) is 6.54 Å². The Morgan fingerprint density at radius 1 is 1.27 bits per heavy atom. The first-order chi connectivity index (χ1) is 14.5. The molecular formula is C22H16ClN5OS. The molecule has 0 N–H and O–H groups in total. The predicted octanol–water partition coefficient (Wildman–Crippen LogP) is 4.92. The molecule has 0 radical (unpaired) electrons. The minimum absolute atomic E-state index is 0.286. The molecule has 1 amide bonds. The molecule has 0 saturated heterocycles. The molecule has 0 bridgehead atoms. The van der Waals surface area contributed by atoms with Gasteiger partial charge >= 0.3 is 0 Å². The molecule has 30 heavy (non-hydrogen) atoms. The Morgan fingerprint density at radius 2 is 2.07 bits per heavy atom. The van der Waals surface area contributed by atoms with E-state index in [-0.39, 0.29) is 12.5 Å². The third kappa shape index (κ3) is 4.10. The molecule has 0 fully saturated rings. The van der Waals surface area contributed by atoms with Gasteiger partial charge in [0.15, 0.2) is 0 Å². The van der Waals surface area contributed by atoms with E-state index in [9.17, 15) is 10.1 Å². The number of aryl methyl sites for hydroxylation is 1. The highest BCUT2D eigenvalue weighted by atomic mass is 35.5. The quantitative estimate of drug-likeness (QED) is 0.448. The maximum absolute atomic E-state index is 13.5. The second kappa shape index (κ2) is 8.49. The number of hydrogen-bond acceptors (Lipinski definition) is 5. The number of nitriles is 1. The van der Waals surface area contributed by atoms with Crippen molar-refractivity contribution >= 4 is 34.5 Å². The van der Waals surface area contributed by atoms with Crippen molar-refractivity contribution in [3.8, 4) is 16.6 Å². The Kier molecular flexibility index (Phi) is 5.61. The van der Waals surface area contributed by atoms with E-state index in [1.165, 1.54) is 11.3 Å². The normalized spacial score (nSPS) is 10.6. The SMILES string of the molecule is Cn1cc(-c2nc(C(=O)N(Cc3ccccc3)c3cc(Cl)ccc3C#N)cs2)cn1. The van der Waals surface area contributed by atoms with Crippen LogP contribution >= 0.6 is 22.9 Å². The van der Waals surface area contributed by atoms with Crippen LogP contribution in [0.3, 0.4) is 0 Å². The Balaban J connectivity index is 1.74. The highest BCUT2D eigenvalue weighted by molar-refractivity contribution is 7.13. The first-order valence-corrected chi connectivity index (χ1v) is 10.3. The van der Waals surface area contributed by atoms with E-state index < -0.39 is 0 Å². The number of amides is 1. The summed E-state index contributed by atoms with van der Waals surface area (Å²) >= 11 is 7.56. The van der Waals surface area contributed by atoms with E-state index >= 15 is 0 Å². The number of halogens is 1. The summed E-state index contributed by atoms with van der Waals surface area (Å²) in [6, 6.07) is 16.6. The molecule has 0 aliphatic heterocycles. The minimum atomic E-state index is -0.302. The third-order valence-corrected chi connectivity index (χ3v) is 5.60. The zero-order chi connectivity index (χ0) is 21.1. The minimum Gasteiger partial charge on any atom is -0.301 e. The second-order valence-corrected chi connectivity index (χ2v) is 7.89. The molecule has 148 valence electrons. The summed E-state index contributed by atoms with van der Waals surface area (Å²) in [5.74, 6) is -0.302. The monoisotopic (exact) mass is 433 g/mol. The fraction of sp³-hybridized carbons (Fsp3) is 0.0909. The van der Waals surface area contributed by atoms with Gasteiger partial charge in [0.2, 0.25) is 0 Å². The number of hydrogen-bond donors (Lipinski definition) is 0. The van der Waals surface area contributed by atoms with Gasteiger partial charge in [-0.1, -0.05) is 41.9 Å². The highest BCUT2D eigenvalue weighted by Crippen LogP contribution is 2.29. The second-order valence-electron chi connectivity index (χ2n) is 6.59. The fourth-order valence-corrected chi connectivity index (χ4v) is 3.97. The number of carbonyl (C=O) groups is 1. The van der Waals surface area contributed by atoms with E-state index in [1.54, 1.807) is 39.4 Å². The standard InChI is InChI=1S/C22H16ClN5OS/c1-27-13-17(11-25-27)21-26-19(14-30-21)22(29)28(12-15-5-3-2-4-6-15)20-9-18(23)8-7-16(20)10-24/h2-9,11,13-14H,12H2,1H3. The topological polar surface area (TPSA) is 74.8 Å². The summed E-state index contributed by atoms with van der Waals surface area (Å²) in [6.45, 7) is 0.286. The van der Waals surface area contributed by atoms with Gasteiger partial charge in [-0.25, -0.2) is 4.98 Å². The van der Waals surface area contributed by atoms with Gasteiger partial charge < -0.3 is 4.90 Å². The largest absolute Gasteiger partial charge is 0.301 e. The molecule has 0 atom stereocenters. The summed E-state index contributed by atoms with van der Waals surface area (Å²) in [7, 11) is 1.83. The lowest BCUT2D eigenvalue weighted by molar-refractivity contribution is 0.0981. The molecule has 2 heterocycles. The van der Waals surface area contributed by atoms with Crippen LogP contribution in [0.25, 0.3) is 10.6 Å². The maximum atomic E-state index is 13.5. The molecule has 0 spiro atoms. The Morgan fingerprint density at radius 3 is 2.77 bits per heavy atom. The van der Waals surface area contributed by atoms with Gasteiger partial charge in [-0.3, -0.25) is 9.48 Å². The average Bonchev–Trinajstić information content (AvgIpc) is 3.41. The van der Waals surface area contributed by atoms with Crippen molar-refractivity contribution in [1.82, 2.24) is 14.8 Å². The van der Waals surface area contributed by atoms with Gasteiger partial charge in [0, 0.05) is 29.2 Å². The number of thiazole rings is 1. The summed E-state index contributed by atoms with van der Waals surface area (Å²) < 4.78 is 1.69. The van der Waals surface area contributed by atoms with Gasteiger partial charge in [-0.15, -0.1) is 11.3 Å². The fourth-order valence-electron chi connectivity index (χ4n) is 3.03. The number of nitrogens with zero attached hydrogens (tertiary/aromatic N) is 5. The van der Waals surface area contributed by atoms with Crippen LogP contribution in [0.15, 0.2) is 66.3 Å². The number of benzene rings is 2. The molecular weight excluding hydrogens is 418 g/mol. The lowest BCUT2D eigenvalue weighted by Gasteiger charge is -2.23. The van der Waals surface area contributed by atoms with Crippen LogP contribution in [-0.2, 0) is 13.6 Å². The summed E-state index contributed by atoms with van der Waals surface area (Å²) in [6.07, 6.45) is 3.55. The molecule has 0 saturated carbocycles. The highest BCUT2D eigenvalue weighted by Gasteiger charge is 2.24. The maximum Gasteiger partial charge on any atom is 0.278 e. The Labute approximate surface area is 182 Å². The molecule has 0 aliphatic carbocycles. The van der Waals surface area contributed by atoms with E-state index in [2.05, 4.69) is 16.2 Å². The van der Waals surface area contributed by atoms with Gasteiger partial charge in [-0.05, 0) is 23.8 Å². The molecule has 2 aromatic heterocycles. The van der Waals surface area contributed by atoms with E-state index in [0.717, 1.165) is 11.1 Å². The zero-order valence-electron chi connectivity index (χ0n) is 16.0. The van der Waals surface area contributed by atoms with Crippen LogP contribution in [0.5, 0.6) is 0 Å². The molecule has 4 aromatic rings.